The van der Waals surface area contributed by atoms with Gasteiger partial charge in [0, 0.05) is 24.3 Å². The summed E-state index contributed by atoms with van der Waals surface area (Å²) in [6, 6.07) is 5.84. The van der Waals surface area contributed by atoms with E-state index in [2.05, 4.69) is 5.32 Å². The van der Waals surface area contributed by atoms with Crippen LogP contribution in [0.15, 0.2) is 29.8 Å². The number of hydrogen-bond acceptors (Lipinski definition) is 4. The first kappa shape index (κ1) is 17.0. The van der Waals surface area contributed by atoms with Gasteiger partial charge in [-0.3, -0.25) is 15.0 Å². The molecule has 0 radical (unpaired) electrons. The van der Waals surface area contributed by atoms with Crippen LogP contribution in [0.25, 0.3) is 0 Å². The molecule has 0 unspecified atom stereocenters. The highest BCUT2D eigenvalue weighted by molar-refractivity contribution is 7.06. The molecule has 2 aromatic rings. The molecular formula is C16H20N4O2S. The van der Waals surface area contributed by atoms with Crippen molar-refractivity contribution < 1.29 is 9.59 Å². The average molecular weight is 332 g/mol. The maximum Gasteiger partial charge on any atom is 0.243 e. The smallest absolute Gasteiger partial charge is 0.243 e. The predicted octanol–water partition coefficient (Wildman–Crippen LogP) is 1.74. The summed E-state index contributed by atoms with van der Waals surface area (Å²) >= 11 is 1.26. The summed E-state index contributed by atoms with van der Waals surface area (Å²) in [6.07, 6.45) is 1.69. The van der Waals surface area contributed by atoms with Crippen LogP contribution in [-0.4, -0.2) is 34.9 Å². The van der Waals surface area contributed by atoms with E-state index in [0.717, 1.165) is 16.8 Å². The lowest BCUT2D eigenvalue weighted by atomic mass is 10.1. The third-order valence-corrected chi connectivity index (χ3v) is 4.18. The van der Waals surface area contributed by atoms with Gasteiger partial charge in [-0.25, -0.2) is 0 Å². The second-order valence-corrected chi connectivity index (χ2v) is 6.35. The molecule has 0 saturated heterocycles. The zero-order valence-electron chi connectivity index (χ0n) is 13.4. The van der Waals surface area contributed by atoms with Crippen LogP contribution in [0.3, 0.4) is 0 Å². The summed E-state index contributed by atoms with van der Waals surface area (Å²) < 4.78 is 1.55. The average Bonchev–Trinajstić information content (AvgIpc) is 2.88. The van der Waals surface area contributed by atoms with Crippen LogP contribution in [0.4, 0.5) is 5.69 Å². The van der Waals surface area contributed by atoms with Crippen molar-refractivity contribution in [3.63, 3.8) is 0 Å². The molecular weight excluding hydrogens is 312 g/mol. The summed E-state index contributed by atoms with van der Waals surface area (Å²) in [6.45, 7) is 3.92. The zero-order valence-corrected chi connectivity index (χ0v) is 14.2. The highest BCUT2D eigenvalue weighted by Crippen LogP contribution is 2.16. The molecule has 0 aliphatic carbocycles. The van der Waals surface area contributed by atoms with E-state index in [1.165, 1.54) is 16.2 Å². The quantitative estimate of drug-likeness (QED) is 0.875. The van der Waals surface area contributed by atoms with Crippen LogP contribution in [-0.2, 0) is 16.1 Å². The summed E-state index contributed by atoms with van der Waals surface area (Å²) in [4.78, 5) is 25.9. The number of anilines is 1. The molecule has 0 atom stereocenters. The SMILES string of the molecule is Cc1ccc(C)c(NC(=O)CN(C)C(=O)Cn2ccsc2=N)c1. The Morgan fingerprint density at radius 3 is 2.74 bits per heavy atom. The van der Waals surface area contributed by atoms with E-state index in [1.807, 2.05) is 32.0 Å². The first-order valence-corrected chi connectivity index (χ1v) is 8.04. The maximum absolute atomic E-state index is 12.1. The molecule has 0 spiro atoms. The lowest BCUT2D eigenvalue weighted by Crippen LogP contribution is -2.38. The highest BCUT2D eigenvalue weighted by atomic mass is 32.1. The monoisotopic (exact) mass is 332 g/mol. The van der Waals surface area contributed by atoms with Crippen LogP contribution >= 0.6 is 11.3 Å². The van der Waals surface area contributed by atoms with Gasteiger partial charge in [0.1, 0.15) is 6.54 Å². The molecule has 7 heteroatoms. The van der Waals surface area contributed by atoms with Gasteiger partial charge in [0.2, 0.25) is 11.8 Å². The van der Waals surface area contributed by atoms with Gasteiger partial charge in [0.15, 0.2) is 4.80 Å². The third kappa shape index (κ3) is 4.53. The Bertz CT molecular complexity index is 778. The van der Waals surface area contributed by atoms with E-state index in [1.54, 1.807) is 23.2 Å². The molecule has 1 heterocycles. The number of aromatic nitrogens is 1. The second kappa shape index (κ2) is 7.23. The van der Waals surface area contributed by atoms with Crippen LogP contribution in [0.1, 0.15) is 11.1 Å². The number of likely N-dealkylation sites (N-methyl/N-ethyl adjacent to an activating group) is 1. The van der Waals surface area contributed by atoms with Crippen molar-refractivity contribution in [2.75, 3.05) is 18.9 Å². The van der Waals surface area contributed by atoms with Gasteiger partial charge in [-0.15, -0.1) is 11.3 Å². The van der Waals surface area contributed by atoms with Crippen molar-refractivity contribution in [3.8, 4) is 0 Å². The Labute approximate surface area is 138 Å². The normalized spacial score (nSPS) is 10.4. The number of nitrogens with zero attached hydrogens (tertiary/aromatic N) is 2. The van der Waals surface area contributed by atoms with Gasteiger partial charge in [0.05, 0.1) is 6.54 Å². The highest BCUT2D eigenvalue weighted by Gasteiger charge is 2.14. The lowest BCUT2D eigenvalue weighted by molar-refractivity contribution is -0.133. The van der Waals surface area contributed by atoms with E-state index < -0.39 is 0 Å². The van der Waals surface area contributed by atoms with Gasteiger partial charge in [0.25, 0.3) is 0 Å². The Morgan fingerprint density at radius 1 is 1.35 bits per heavy atom. The summed E-state index contributed by atoms with van der Waals surface area (Å²) in [7, 11) is 1.58. The molecule has 0 aliphatic rings. The van der Waals surface area contributed by atoms with Crippen molar-refractivity contribution in [1.82, 2.24) is 9.47 Å². The Kier molecular flexibility index (Phi) is 5.33. The molecule has 0 bridgehead atoms. The van der Waals surface area contributed by atoms with Crippen LogP contribution in [0, 0.1) is 19.3 Å². The van der Waals surface area contributed by atoms with Gasteiger partial charge in [-0.2, -0.15) is 0 Å². The zero-order chi connectivity index (χ0) is 17.0. The van der Waals surface area contributed by atoms with Crippen LogP contribution in [0.5, 0.6) is 0 Å². The standard InChI is InChI=1S/C16H20N4O2S/c1-11-4-5-12(2)13(8-11)18-14(21)9-19(3)15(22)10-20-6-7-23-16(20)17/h4-8,17H,9-10H2,1-3H3,(H,18,21). The van der Waals surface area contributed by atoms with Gasteiger partial charge in [-0.1, -0.05) is 12.1 Å². The van der Waals surface area contributed by atoms with Crippen molar-refractivity contribution >= 4 is 28.8 Å². The Balaban J connectivity index is 1.94. The topological polar surface area (TPSA) is 78.2 Å². The fourth-order valence-corrected chi connectivity index (χ4v) is 2.66. The van der Waals surface area contributed by atoms with E-state index >= 15 is 0 Å². The van der Waals surface area contributed by atoms with Crippen molar-refractivity contribution in [2.45, 2.75) is 20.4 Å². The predicted molar refractivity (Wildman–Crippen MR) is 90.3 cm³/mol. The first-order chi connectivity index (χ1) is 10.9. The minimum absolute atomic E-state index is 0.0236. The fourth-order valence-electron chi connectivity index (χ4n) is 2.06. The number of carbonyl (C=O) groups is 2. The molecule has 23 heavy (non-hydrogen) atoms. The Morgan fingerprint density at radius 2 is 2.09 bits per heavy atom. The number of amides is 2. The van der Waals surface area contributed by atoms with Crippen LogP contribution in [0.2, 0.25) is 0 Å². The maximum atomic E-state index is 12.1. The van der Waals surface area contributed by atoms with Crippen LogP contribution < -0.4 is 10.1 Å². The van der Waals surface area contributed by atoms with Gasteiger partial charge in [-0.05, 0) is 31.0 Å². The molecule has 0 fully saturated rings. The molecule has 1 aromatic carbocycles. The van der Waals surface area contributed by atoms with Gasteiger partial charge < -0.3 is 14.8 Å². The second-order valence-electron chi connectivity index (χ2n) is 5.45. The molecule has 0 saturated carbocycles. The van der Waals surface area contributed by atoms with Crippen molar-refractivity contribution in [1.29, 1.82) is 5.41 Å². The number of nitrogens with one attached hydrogen (secondary N) is 2. The minimum Gasteiger partial charge on any atom is -0.335 e. The number of rotatable bonds is 5. The molecule has 0 aliphatic heterocycles. The molecule has 1 aromatic heterocycles. The van der Waals surface area contributed by atoms with E-state index in [-0.39, 0.29) is 24.9 Å². The molecule has 122 valence electrons. The Hall–Kier alpha value is -2.41. The fraction of sp³-hybridized carbons (Fsp3) is 0.312. The van der Waals surface area contributed by atoms with Crippen molar-refractivity contribution in [2.24, 2.45) is 0 Å². The molecule has 2 N–H and O–H groups in total. The summed E-state index contributed by atoms with van der Waals surface area (Å²) in [5, 5.41) is 12.2. The minimum atomic E-state index is -0.240. The molecule has 6 nitrogen and oxygen atoms in total. The third-order valence-electron chi connectivity index (χ3n) is 3.46. The van der Waals surface area contributed by atoms with Crippen molar-refractivity contribution in [3.05, 3.63) is 45.7 Å². The van der Waals surface area contributed by atoms with E-state index in [0.29, 0.717) is 4.80 Å². The van der Waals surface area contributed by atoms with Gasteiger partial charge >= 0.3 is 0 Å². The van der Waals surface area contributed by atoms with E-state index in [9.17, 15) is 9.59 Å². The number of thiazole rings is 1. The number of aryl methyl sites for hydroxylation is 2. The molecule has 2 amide bonds. The van der Waals surface area contributed by atoms with E-state index in [4.69, 9.17) is 5.41 Å². The first-order valence-electron chi connectivity index (χ1n) is 7.16. The number of carbonyl (C=O) groups excluding carboxylic acids is 2. The number of hydrogen-bond donors (Lipinski definition) is 2. The lowest BCUT2D eigenvalue weighted by Gasteiger charge is -2.17. The molecule has 2 rings (SSSR count). The summed E-state index contributed by atoms with van der Waals surface area (Å²) in [5.41, 5.74) is 2.80. The summed E-state index contributed by atoms with van der Waals surface area (Å²) in [5.74, 6) is -0.450. The largest absolute Gasteiger partial charge is 0.335 e. The number of benzene rings is 1.